The van der Waals surface area contributed by atoms with Gasteiger partial charge < -0.3 is 16.0 Å². The number of anilines is 2. The first-order valence-corrected chi connectivity index (χ1v) is 9.18. The zero-order valence-electron chi connectivity index (χ0n) is 16.4. The minimum Gasteiger partial charge on any atom is -0.326 e. The van der Waals surface area contributed by atoms with Gasteiger partial charge >= 0.3 is 6.03 Å². The summed E-state index contributed by atoms with van der Waals surface area (Å²) in [4.78, 5) is 50.1. The van der Waals surface area contributed by atoms with Crippen LogP contribution in [-0.2, 0) is 4.79 Å². The number of carbonyl (C=O) groups excluding carboxylic acids is 4. The smallest absolute Gasteiger partial charge is 0.319 e. The van der Waals surface area contributed by atoms with E-state index in [9.17, 15) is 19.2 Å². The van der Waals surface area contributed by atoms with Crippen molar-refractivity contribution in [3.63, 3.8) is 0 Å². The first-order chi connectivity index (χ1) is 13.8. The Morgan fingerprint density at radius 1 is 0.862 bits per heavy atom. The van der Waals surface area contributed by atoms with E-state index >= 15 is 0 Å². The van der Waals surface area contributed by atoms with E-state index < -0.39 is 23.9 Å². The third-order valence-corrected chi connectivity index (χ3v) is 4.62. The Labute approximate surface area is 168 Å². The highest BCUT2D eigenvalue weighted by Gasteiger charge is 2.33. The summed E-state index contributed by atoms with van der Waals surface area (Å²) in [5.41, 5.74) is 1.53. The largest absolute Gasteiger partial charge is 0.326 e. The predicted octanol–water partition coefficient (Wildman–Crippen LogP) is 2.70. The van der Waals surface area contributed by atoms with Crippen LogP contribution < -0.4 is 16.0 Å². The summed E-state index contributed by atoms with van der Waals surface area (Å²) < 4.78 is 0. The normalized spacial score (nSPS) is 13.9. The third-order valence-electron chi connectivity index (χ3n) is 4.62. The molecule has 29 heavy (non-hydrogen) atoms. The Balaban J connectivity index is 1.70. The molecule has 150 valence electrons. The molecule has 1 heterocycles. The number of imide groups is 1. The van der Waals surface area contributed by atoms with Gasteiger partial charge in [0.15, 0.2) is 0 Å². The Morgan fingerprint density at radius 2 is 1.52 bits per heavy atom. The lowest BCUT2D eigenvalue weighted by molar-refractivity contribution is -0.118. The van der Waals surface area contributed by atoms with Crippen molar-refractivity contribution in [3.8, 4) is 0 Å². The predicted molar refractivity (Wildman–Crippen MR) is 109 cm³/mol. The molecule has 0 radical (unpaired) electrons. The number of hydrogen-bond acceptors (Lipinski definition) is 4. The SMILES string of the molecule is CC(C)C(NC(=O)Nc1ccccc1)C(=O)Nc1ccc2c(c1)C(=O)N(C)C2=O. The molecular formula is C21H22N4O4. The van der Waals surface area contributed by atoms with E-state index in [1.807, 2.05) is 19.9 Å². The van der Waals surface area contributed by atoms with Crippen molar-refractivity contribution < 1.29 is 19.2 Å². The quantitative estimate of drug-likeness (QED) is 0.678. The topological polar surface area (TPSA) is 108 Å². The minimum atomic E-state index is -0.799. The molecule has 0 bridgehead atoms. The number of amides is 5. The fourth-order valence-corrected chi connectivity index (χ4v) is 3.02. The number of carbonyl (C=O) groups is 4. The fourth-order valence-electron chi connectivity index (χ4n) is 3.02. The standard InChI is InChI=1S/C21H22N4O4/c1-12(2)17(24-21(29)23-13-7-5-4-6-8-13)18(26)22-14-9-10-15-16(11-14)20(28)25(3)19(15)27/h4-12,17H,1-3H3,(H,22,26)(H2,23,24,29). The third kappa shape index (κ3) is 4.26. The summed E-state index contributed by atoms with van der Waals surface area (Å²) in [6.45, 7) is 3.62. The zero-order chi connectivity index (χ0) is 21.1. The summed E-state index contributed by atoms with van der Waals surface area (Å²) in [7, 11) is 1.41. The number of urea groups is 1. The van der Waals surface area contributed by atoms with Crippen molar-refractivity contribution in [3.05, 3.63) is 59.7 Å². The second-order valence-electron chi connectivity index (χ2n) is 7.11. The van der Waals surface area contributed by atoms with E-state index in [2.05, 4.69) is 16.0 Å². The molecule has 8 nitrogen and oxygen atoms in total. The molecule has 0 fully saturated rings. The van der Waals surface area contributed by atoms with Crippen molar-refractivity contribution in [1.82, 2.24) is 10.2 Å². The molecule has 1 aliphatic heterocycles. The minimum absolute atomic E-state index is 0.180. The van der Waals surface area contributed by atoms with Crippen LogP contribution in [-0.4, -0.2) is 41.7 Å². The summed E-state index contributed by atoms with van der Waals surface area (Å²) in [5, 5.41) is 8.06. The fraction of sp³-hybridized carbons (Fsp3) is 0.238. The highest BCUT2D eigenvalue weighted by molar-refractivity contribution is 6.21. The van der Waals surface area contributed by atoms with Crippen LogP contribution in [0.3, 0.4) is 0 Å². The second kappa shape index (κ2) is 8.14. The van der Waals surface area contributed by atoms with Crippen LogP contribution in [0.4, 0.5) is 16.2 Å². The van der Waals surface area contributed by atoms with Crippen LogP contribution in [0.25, 0.3) is 0 Å². The van der Waals surface area contributed by atoms with Gasteiger partial charge in [-0.2, -0.15) is 0 Å². The van der Waals surface area contributed by atoms with Crippen molar-refractivity contribution in [1.29, 1.82) is 0 Å². The first-order valence-electron chi connectivity index (χ1n) is 9.18. The van der Waals surface area contributed by atoms with Crippen LogP contribution in [0.1, 0.15) is 34.6 Å². The molecule has 8 heteroatoms. The van der Waals surface area contributed by atoms with Crippen molar-refractivity contribution in [2.45, 2.75) is 19.9 Å². The Bertz CT molecular complexity index is 972. The van der Waals surface area contributed by atoms with E-state index in [0.29, 0.717) is 16.9 Å². The van der Waals surface area contributed by atoms with Crippen molar-refractivity contribution >= 4 is 35.1 Å². The van der Waals surface area contributed by atoms with Crippen molar-refractivity contribution in [2.75, 3.05) is 17.7 Å². The number of fused-ring (bicyclic) bond motifs is 1. The average Bonchev–Trinajstić information content (AvgIpc) is 2.90. The molecule has 0 saturated heterocycles. The maximum Gasteiger partial charge on any atom is 0.319 e. The van der Waals surface area contributed by atoms with Crippen LogP contribution in [0.15, 0.2) is 48.5 Å². The molecule has 2 aromatic carbocycles. The molecule has 0 spiro atoms. The van der Waals surface area contributed by atoms with Gasteiger partial charge in [-0.1, -0.05) is 32.0 Å². The number of hydrogen-bond donors (Lipinski definition) is 3. The summed E-state index contributed by atoms with van der Waals surface area (Å²) in [6.07, 6.45) is 0. The lowest BCUT2D eigenvalue weighted by Crippen LogP contribution is -2.48. The summed E-state index contributed by atoms with van der Waals surface area (Å²) in [6, 6.07) is 12.1. The maximum absolute atomic E-state index is 12.7. The maximum atomic E-state index is 12.7. The molecule has 0 aromatic heterocycles. The van der Waals surface area contributed by atoms with Crippen LogP contribution >= 0.6 is 0 Å². The molecule has 1 aliphatic rings. The molecule has 3 rings (SSSR count). The lowest BCUT2D eigenvalue weighted by atomic mass is 10.0. The Kier molecular flexibility index (Phi) is 5.63. The van der Waals surface area contributed by atoms with Gasteiger partial charge in [-0.15, -0.1) is 0 Å². The van der Waals surface area contributed by atoms with Gasteiger partial charge in [-0.05, 0) is 36.2 Å². The zero-order valence-corrected chi connectivity index (χ0v) is 16.4. The monoisotopic (exact) mass is 394 g/mol. The van der Waals surface area contributed by atoms with Gasteiger partial charge in [0, 0.05) is 18.4 Å². The summed E-state index contributed by atoms with van der Waals surface area (Å²) in [5.74, 6) is -1.39. The van der Waals surface area contributed by atoms with Gasteiger partial charge in [0.05, 0.1) is 11.1 Å². The van der Waals surface area contributed by atoms with Gasteiger partial charge in [0.25, 0.3) is 11.8 Å². The van der Waals surface area contributed by atoms with Gasteiger partial charge in [-0.25, -0.2) is 4.79 Å². The number of rotatable bonds is 5. The Hall–Kier alpha value is -3.68. The van der Waals surface area contributed by atoms with E-state index in [-0.39, 0.29) is 17.4 Å². The lowest BCUT2D eigenvalue weighted by Gasteiger charge is -2.22. The molecular weight excluding hydrogens is 372 g/mol. The molecule has 0 aliphatic carbocycles. The molecule has 2 aromatic rings. The van der Waals surface area contributed by atoms with Crippen LogP contribution in [0.5, 0.6) is 0 Å². The number of nitrogens with zero attached hydrogens (tertiary/aromatic N) is 1. The highest BCUT2D eigenvalue weighted by atomic mass is 16.2. The molecule has 0 saturated carbocycles. The molecule has 3 N–H and O–H groups in total. The number of benzene rings is 2. The highest BCUT2D eigenvalue weighted by Crippen LogP contribution is 2.25. The van der Waals surface area contributed by atoms with E-state index in [0.717, 1.165) is 4.90 Å². The number of para-hydroxylation sites is 1. The van der Waals surface area contributed by atoms with Crippen LogP contribution in [0, 0.1) is 5.92 Å². The van der Waals surface area contributed by atoms with Crippen molar-refractivity contribution in [2.24, 2.45) is 5.92 Å². The van der Waals surface area contributed by atoms with Crippen LogP contribution in [0.2, 0.25) is 0 Å². The number of nitrogens with one attached hydrogen (secondary N) is 3. The van der Waals surface area contributed by atoms with Gasteiger partial charge in [0.1, 0.15) is 6.04 Å². The summed E-state index contributed by atoms with van der Waals surface area (Å²) >= 11 is 0. The van der Waals surface area contributed by atoms with Gasteiger partial charge in [0.2, 0.25) is 5.91 Å². The molecule has 5 amide bonds. The second-order valence-corrected chi connectivity index (χ2v) is 7.11. The van der Waals surface area contributed by atoms with E-state index in [4.69, 9.17) is 0 Å². The van der Waals surface area contributed by atoms with Gasteiger partial charge in [-0.3, -0.25) is 19.3 Å². The molecule has 1 unspecified atom stereocenters. The average molecular weight is 394 g/mol. The van der Waals surface area contributed by atoms with E-state index in [1.54, 1.807) is 30.3 Å². The first kappa shape index (κ1) is 20.1. The van der Waals surface area contributed by atoms with E-state index in [1.165, 1.54) is 19.2 Å². The molecule has 1 atom stereocenters. The Morgan fingerprint density at radius 3 is 2.17 bits per heavy atom.